The van der Waals surface area contributed by atoms with Crippen molar-refractivity contribution in [3.63, 3.8) is 0 Å². The van der Waals surface area contributed by atoms with Gasteiger partial charge < -0.3 is 24.3 Å². The Hall–Kier alpha value is -2.77. The van der Waals surface area contributed by atoms with Gasteiger partial charge in [0.1, 0.15) is 23.7 Å². The highest BCUT2D eigenvalue weighted by molar-refractivity contribution is 5.80. The predicted molar refractivity (Wildman–Crippen MR) is 109 cm³/mol. The summed E-state index contributed by atoms with van der Waals surface area (Å²) in [7, 11) is 5.20. The van der Waals surface area contributed by atoms with Gasteiger partial charge in [0.05, 0.1) is 14.2 Å². The third-order valence-corrected chi connectivity index (χ3v) is 5.19. The third-order valence-electron chi connectivity index (χ3n) is 5.19. The molecule has 1 aromatic carbocycles. The van der Waals surface area contributed by atoms with Crippen LogP contribution in [0.15, 0.2) is 29.5 Å². The third kappa shape index (κ3) is 4.55. The van der Waals surface area contributed by atoms with E-state index in [1.54, 1.807) is 20.5 Å². The SMILES string of the molecule is CCc1nncn1CCNC(=NC)N1CCC(c2cc(OC)cc(OC)c2)C1. The van der Waals surface area contributed by atoms with Crippen LogP contribution >= 0.6 is 0 Å². The summed E-state index contributed by atoms with van der Waals surface area (Å²) < 4.78 is 12.9. The van der Waals surface area contributed by atoms with Gasteiger partial charge in [-0.1, -0.05) is 6.92 Å². The number of aryl methyl sites for hydroxylation is 1. The first-order chi connectivity index (χ1) is 13.7. The van der Waals surface area contributed by atoms with Gasteiger partial charge in [-0.2, -0.15) is 0 Å². The topological polar surface area (TPSA) is 76.8 Å². The van der Waals surface area contributed by atoms with Crippen LogP contribution in [0.25, 0.3) is 0 Å². The molecule has 0 amide bonds. The normalized spacial score (nSPS) is 17.1. The van der Waals surface area contributed by atoms with Gasteiger partial charge in [0.2, 0.25) is 0 Å². The molecule has 3 rings (SSSR count). The van der Waals surface area contributed by atoms with Crippen LogP contribution in [0.2, 0.25) is 0 Å². The van der Waals surface area contributed by atoms with Crippen LogP contribution in [-0.4, -0.2) is 66.5 Å². The molecule has 1 atom stereocenters. The maximum Gasteiger partial charge on any atom is 0.193 e. The van der Waals surface area contributed by atoms with E-state index in [2.05, 4.69) is 49.0 Å². The van der Waals surface area contributed by atoms with E-state index in [1.807, 2.05) is 13.1 Å². The summed E-state index contributed by atoms with van der Waals surface area (Å²) >= 11 is 0. The zero-order valence-corrected chi connectivity index (χ0v) is 17.2. The van der Waals surface area contributed by atoms with Crippen LogP contribution in [0.5, 0.6) is 11.5 Å². The molecule has 28 heavy (non-hydrogen) atoms. The molecule has 2 aromatic rings. The number of methoxy groups -OCH3 is 2. The predicted octanol–water partition coefficient (Wildman–Crippen LogP) is 1.92. The number of benzene rings is 1. The van der Waals surface area contributed by atoms with Crippen molar-refractivity contribution < 1.29 is 9.47 Å². The summed E-state index contributed by atoms with van der Waals surface area (Å²) in [6.45, 7) is 5.58. The molecule has 1 saturated heterocycles. The molecule has 1 N–H and O–H groups in total. The Morgan fingerprint density at radius 1 is 1.25 bits per heavy atom. The van der Waals surface area contributed by atoms with Crippen LogP contribution in [0, 0.1) is 0 Å². The molecular weight excluding hydrogens is 356 g/mol. The van der Waals surface area contributed by atoms with E-state index >= 15 is 0 Å². The molecule has 0 spiro atoms. The number of aromatic nitrogens is 3. The van der Waals surface area contributed by atoms with Crippen molar-refractivity contribution in [2.24, 2.45) is 4.99 Å². The highest BCUT2D eigenvalue weighted by Gasteiger charge is 2.26. The molecule has 0 bridgehead atoms. The molecule has 8 heteroatoms. The van der Waals surface area contributed by atoms with Crippen molar-refractivity contribution in [1.29, 1.82) is 0 Å². The second kappa shape index (κ2) is 9.43. The van der Waals surface area contributed by atoms with Crippen LogP contribution in [0.3, 0.4) is 0 Å². The number of aliphatic imine (C=N–C) groups is 1. The standard InChI is InChI=1S/C20H30N6O2/c1-5-19-24-23-14-26(19)9-7-22-20(21-2)25-8-6-15(13-25)16-10-17(27-3)12-18(11-16)28-4/h10-12,14-15H,5-9,13H2,1-4H3,(H,21,22). The van der Waals surface area contributed by atoms with E-state index in [9.17, 15) is 0 Å². The molecule has 1 fully saturated rings. The van der Waals surface area contributed by atoms with Crippen molar-refractivity contribution in [3.05, 3.63) is 35.9 Å². The van der Waals surface area contributed by atoms with Crippen molar-refractivity contribution in [2.45, 2.75) is 32.2 Å². The Balaban J connectivity index is 1.59. The molecule has 1 aromatic heterocycles. The summed E-state index contributed by atoms with van der Waals surface area (Å²) in [6, 6.07) is 6.11. The van der Waals surface area contributed by atoms with Crippen LogP contribution < -0.4 is 14.8 Å². The lowest BCUT2D eigenvalue weighted by atomic mass is 9.98. The van der Waals surface area contributed by atoms with E-state index < -0.39 is 0 Å². The van der Waals surface area contributed by atoms with Gasteiger partial charge in [-0.15, -0.1) is 10.2 Å². The van der Waals surface area contributed by atoms with E-state index in [-0.39, 0.29) is 0 Å². The minimum absolute atomic E-state index is 0.423. The monoisotopic (exact) mass is 386 g/mol. The first-order valence-electron chi connectivity index (χ1n) is 9.73. The van der Waals surface area contributed by atoms with Crippen LogP contribution in [0.1, 0.15) is 30.7 Å². The first-order valence-corrected chi connectivity index (χ1v) is 9.73. The first kappa shape index (κ1) is 20.0. The maximum atomic E-state index is 5.42. The summed E-state index contributed by atoms with van der Waals surface area (Å²) in [6.07, 6.45) is 3.74. The molecule has 152 valence electrons. The summed E-state index contributed by atoms with van der Waals surface area (Å²) in [5.74, 6) is 4.02. The maximum absolute atomic E-state index is 5.42. The highest BCUT2D eigenvalue weighted by Crippen LogP contribution is 2.32. The number of nitrogens with one attached hydrogen (secondary N) is 1. The largest absolute Gasteiger partial charge is 0.497 e. The summed E-state index contributed by atoms with van der Waals surface area (Å²) in [5.41, 5.74) is 1.24. The molecule has 1 unspecified atom stereocenters. The van der Waals surface area contributed by atoms with Gasteiger partial charge in [0, 0.05) is 51.6 Å². The molecule has 0 saturated carbocycles. The van der Waals surface area contributed by atoms with E-state index in [4.69, 9.17) is 9.47 Å². The number of guanidine groups is 1. The van der Waals surface area contributed by atoms with Gasteiger partial charge in [0.25, 0.3) is 0 Å². The lowest BCUT2D eigenvalue weighted by molar-refractivity contribution is 0.392. The zero-order chi connectivity index (χ0) is 19.9. The molecule has 1 aliphatic rings. The second-order valence-electron chi connectivity index (χ2n) is 6.85. The van der Waals surface area contributed by atoms with Crippen molar-refractivity contribution >= 4 is 5.96 Å². The van der Waals surface area contributed by atoms with Gasteiger partial charge in [-0.05, 0) is 24.1 Å². The molecule has 8 nitrogen and oxygen atoms in total. The van der Waals surface area contributed by atoms with Crippen LogP contribution in [0.4, 0.5) is 0 Å². The smallest absolute Gasteiger partial charge is 0.193 e. The van der Waals surface area contributed by atoms with E-state index in [0.29, 0.717) is 5.92 Å². The number of nitrogens with zero attached hydrogens (tertiary/aromatic N) is 5. The quantitative estimate of drug-likeness (QED) is 0.579. The molecule has 0 radical (unpaired) electrons. The van der Waals surface area contributed by atoms with Gasteiger partial charge in [0.15, 0.2) is 5.96 Å². The summed E-state index contributed by atoms with van der Waals surface area (Å²) in [5, 5.41) is 11.6. The Kier molecular flexibility index (Phi) is 6.73. The number of rotatable bonds is 7. The number of ether oxygens (including phenoxy) is 2. The molecular formula is C20H30N6O2. The van der Waals surface area contributed by atoms with Gasteiger partial charge in [-0.3, -0.25) is 4.99 Å². The Morgan fingerprint density at radius 2 is 2.00 bits per heavy atom. The minimum atomic E-state index is 0.423. The van der Waals surface area contributed by atoms with Gasteiger partial charge in [-0.25, -0.2) is 0 Å². The number of hydrogen-bond acceptors (Lipinski definition) is 5. The molecule has 0 aliphatic carbocycles. The molecule has 1 aliphatic heterocycles. The Morgan fingerprint density at radius 3 is 2.64 bits per heavy atom. The fourth-order valence-electron chi connectivity index (χ4n) is 3.65. The average molecular weight is 387 g/mol. The van der Waals surface area contributed by atoms with E-state index in [1.165, 1.54) is 5.56 Å². The van der Waals surface area contributed by atoms with Crippen molar-refractivity contribution in [2.75, 3.05) is 40.9 Å². The lowest BCUT2D eigenvalue weighted by Gasteiger charge is -2.22. The number of hydrogen-bond donors (Lipinski definition) is 1. The summed E-state index contributed by atoms with van der Waals surface area (Å²) in [4.78, 5) is 6.78. The highest BCUT2D eigenvalue weighted by atomic mass is 16.5. The zero-order valence-electron chi connectivity index (χ0n) is 17.2. The van der Waals surface area contributed by atoms with Crippen molar-refractivity contribution in [1.82, 2.24) is 25.0 Å². The fraction of sp³-hybridized carbons (Fsp3) is 0.550. The fourth-order valence-corrected chi connectivity index (χ4v) is 3.65. The molecule has 2 heterocycles. The lowest BCUT2D eigenvalue weighted by Crippen LogP contribution is -2.41. The Bertz CT molecular complexity index is 781. The van der Waals surface area contributed by atoms with Crippen molar-refractivity contribution in [3.8, 4) is 11.5 Å². The number of likely N-dealkylation sites (tertiary alicyclic amines) is 1. The van der Waals surface area contributed by atoms with Gasteiger partial charge >= 0.3 is 0 Å². The second-order valence-corrected chi connectivity index (χ2v) is 6.85. The average Bonchev–Trinajstić information content (AvgIpc) is 3.40. The minimum Gasteiger partial charge on any atom is -0.497 e. The van der Waals surface area contributed by atoms with Crippen LogP contribution in [-0.2, 0) is 13.0 Å². The Labute approximate surface area is 166 Å². The van der Waals surface area contributed by atoms with E-state index in [0.717, 1.165) is 62.3 Å².